The van der Waals surface area contributed by atoms with Crippen molar-refractivity contribution in [3.63, 3.8) is 0 Å². The fourth-order valence-electron chi connectivity index (χ4n) is 2.44. The van der Waals surface area contributed by atoms with Gasteiger partial charge in [-0.05, 0) is 44.9 Å². The van der Waals surface area contributed by atoms with Crippen LogP contribution in [0.1, 0.15) is 33.6 Å². The van der Waals surface area contributed by atoms with Gasteiger partial charge in [0.1, 0.15) is 0 Å². The Hall–Kier alpha value is -1.13. The molecule has 0 amide bonds. The maximum Gasteiger partial charge on any atom is 0.0628 e. The van der Waals surface area contributed by atoms with Crippen LogP contribution in [-0.2, 0) is 19.5 Å². The number of nitrogens with zero attached hydrogens (tertiary/aromatic N) is 2. The van der Waals surface area contributed by atoms with Gasteiger partial charge in [0.25, 0.3) is 0 Å². The molecule has 0 aliphatic rings. The summed E-state index contributed by atoms with van der Waals surface area (Å²) in [5, 5.41) is 8.10. The molecular weight excluding hydrogens is 254 g/mol. The predicted octanol–water partition coefficient (Wildman–Crippen LogP) is 3.22. The molecule has 0 aliphatic heterocycles. The van der Waals surface area contributed by atoms with E-state index in [0.717, 1.165) is 26.1 Å². The molecule has 3 nitrogen and oxygen atoms in total. The molecule has 2 aromatic heterocycles. The van der Waals surface area contributed by atoms with Crippen LogP contribution in [0.5, 0.6) is 0 Å². The second kappa shape index (κ2) is 6.35. The van der Waals surface area contributed by atoms with Gasteiger partial charge in [-0.15, -0.1) is 11.3 Å². The number of hydrogen-bond donors (Lipinski definition) is 1. The van der Waals surface area contributed by atoms with E-state index in [0.29, 0.717) is 0 Å². The van der Waals surface area contributed by atoms with Gasteiger partial charge in [0, 0.05) is 28.5 Å². The summed E-state index contributed by atoms with van der Waals surface area (Å²) in [6.07, 6.45) is 1.07. The zero-order valence-electron chi connectivity index (χ0n) is 12.3. The molecule has 0 aromatic carbocycles. The van der Waals surface area contributed by atoms with Crippen molar-refractivity contribution in [2.45, 2.75) is 47.2 Å². The summed E-state index contributed by atoms with van der Waals surface area (Å²) < 4.78 is 2.13. The highest BCUT2D eigenvalue weighted by atomic mass is 32.1. The Bertz CT molecular complexity index is 540. The van der Waals surface area contributed by atoms with E-state index >= 15 is 0 Å². The molecule has 0 saturated carbocycles. The third-order valence-corrected chi connectivity index (χ3v) is 4.48. The summed E-state index contributed by atoms with van der Waals surface area (Å²) in [6.45, 7) is 11.5. The minimum Gasteiger partial charge on any atom is -0.310 e. The zero-order chi connectivity index (χ0) is 13.8. The fraction of sp³-hybridized carbons (Fsp3) is 0.533. The second-order valence-electron chi connectivity index (χ2n) is 4.92. The molecule has 0 aliphatic carbocycles. The van der Waals surface area contributed by atoms with E-state index in [1.165, 1.54) is 26.7 Å². The van der Waals surface area contributed by atoms with Crippen LogP contribution in [0.2, 0.25) is 0 Å². The normalized spacial score (nSPS) is 11.2. The minimum absolute atomic E-state index is 0.941. The summed E-state index contributed by atoms with van der Waals surface area (Å²) in [4.78, 5) is 2.78. The van der Waals surface area contributed by atoms with Gasteiger partial charge in [-0.25, -0.2) is 0 Å². The van der Waals surface area contributed by atoms with Crippen molar-refractivity contribution in [3.05, 3.63) is 38.8 Å². The molecule has 0 fully saturated rings. The molecule has 104 valence electrons. The average Bonchev–Trinajstić information content (AvgIpc) is 2.90. The summed E-state index contributed by atoms with van der Waals surface area (Å²) in [5.74, 6) is 0. The van der Waals surface area contributed by atoms with Gasteiger partial charge in [-0.1, -0.05) is 6.92 Å². The van der Waals surface area contributed by atoms with Crippen molar-refractivity contribution >= 4 is 11.3 Å². The summed E-state index contributed by atoms with van der Waals surface area (Å²) in [5.41, 5.74) is 3.89. The van der Waals surface area contributed by atoms with Gasteiger partial charge in [0.2, 0.25) is 0 Å². The molecule has 2 heterocycles. The van der Waals surface area contributed by atoms with Crippen LogP contribution in [0.25, 0.3) is 0 Å². The van der Waals surface area contributed by atoms with Crippen molar-refractivity contribution in [2.24, 2.45) is 0 Å². The van der Waals surface area contributed by atoms with Crippen LogP contribution in [0, 0.1) is 20.8 Å². The van der Waals surface area contributed by atoms with Crippen molar-refractivity contribution in [1.82, 2.24) is 15.1 Å². The molecule has 0 unspecified atom stereocenters. The summed E-state index contributed by atoms with van der Waals surface area (Å²) in [6, 6.07) is 4.38. The lowest BCUT2D eigenvalue weighted by Gasteiger charge is -2.06. The largest absolute Gasteiger partial charge is 0.310 e. The van der Waals surface area contributed by atoms with Gasteiger partial charge in [0.05, 0.1) is 12.2 Å². The van der Waals surface area contributed by atoms with Gasteiger partial charge in [-0.2, -0.15) is 5.10 Å². The fourth-order valence-corrected chi connectivity index (χ4v) is 3.30. The molecule has 19 heavy (non-hydrogen) atoms. The number of aromatic nitrogens is 2. The number of nitrogens with one attached hydrogen (secondary N) is 1. The van der Waals surface area contributed by atoms with Crippen LogP contribution < -0.4 is 5.32 Å². The van der Waals surface area contributed by atoms with E-state index in [-0.39, 0.29) is 0 Å². The lowest BCUT2D eigenvalue weighted by molar-refractivity contribution is 0.543. The first kappa shape index (κ1) is 14.3. The Morgan fingerprint density at radius 3 is 2.63 bits per heavy atom. The molecule has 0 bridgehead atoms. The van der Waals surface area contributed by atoms with E-state index in [1.54, 1.807) is 0 Å². The van der Waals surface area contributed by atoms with Crippen LogP contribution in [-0.4, -0.2) is 16.3 Å². The molecule has 0 radical (unpaired) electrons. The molecule has 0 saturated heterocycles. The smallest absolute Gasteiger partial charge is 0.0628 e. The highest BCUT2D eigenvalue weighted by Gasteiger charge is 2.08. The lowest BCUT2D eigenvalue weighted by atomic mass is 10.1. The van der Waals surface area contributed by atoms with E-state index in [2.05, 4.69) is 54.9 Å². The van der Waals surface area contributed by atoms with Gasteiger partial charge < -0.3 is 5.32 Å². The Morgan fingerprint density at radius 2 is 2.05 bits per heavy atom. The van der Waals surface area contributed by atoms with Gasteiger partial charge in [0.15, 0.2) is 0 Å². The third-order valence-electron chi connectivity index (χ3n) is 3.48. The van der Waals surface area contributed by atoms with Crippen LogP contribution in [0.4, 0.5) is 0 Å². The number of aryl methyl sites for hydroxylation is 2. The molecule has 2 aromatic rings. The maximum atomic E-state index is 4.61. The third kappa shape index (κ3) is 3.45. The van der Waals surface area contributed by atoms with Crippen molar-refractivity contribution in [2.75, 3.05) is 6.54 Å². The van der Waals surface area contributed by atoms with Gasteiger partial charge >= 0.3 is 0 Å². The quantitative estimate of drug-likeness (QED) is 0.822. The number of rotatable bonds is 6. The van der Waals surface area contributed by atoms with Crippen LogP contribution >= 0.6 is 11.3 Å². The molecule has 2 rings (SSSR count). The second-order valence-corrected chi connectivity index (χ2v) is 6.29. The molecular formula is C15H23N3S. The highest BCUT2D eigenvalue weighted by molar-refractivity contribution is 7.11. The summed E-state index contributed by atoms with van der Waals surface area (Å²) in [7, 11) is 0. The van der Waals surface area contributed by atoms with Gasteiger partial charge in [-0.3, -0.25) is 4.68 Å². The van der Waals surface area contributed by atoms with Crippen molar-refractivity contribution in [1.29, 1.82) is 0 Å². The maximum absolute atomic E-state index is 4.61. The van der Waals surface area contributed by atoms with E-state index in [9.17, 15) is 0 Å². The first-order valence-corrected chi connectivity index (χ1v) is 7.72. The van der Waals surface area contributed by atoms with Crippen molar-refractivity contribution in [3.8, 4) is 0 Å². The van der Waals surface area contributed by atoms with Crippen LogP contribution in [0.15, 0.2) is 12.1 Å². The number of hydrogen-bond acceptors (Lipinski definition) is 3. The Balaban J connectivity index is 1.83. The molecule has 0 spiro atoms. The first-order valence-electron chi connectivity index (χ1n) is 6.90. The minimum atomic E-state index is 0.941. The molecule has 1 N–H and O–H groups in total. The standard InChI is InChI=1S/C15H23N3S/c1-5-15-12(3)17-18(13(15)4)9-8-16-10-14-7-6-11(2)19-14/h6-7,16H,5,8-10H2,1-4H3. The monoisotopic (exact) mass is 277 g/mol. The topological polar surface area (TPSA) is 29.9 Å². The lowest BCUT2D eigenvalue weighted by Crippen LogP contribution is -2.20. The highest BCUT2D eigenvalue weighted by Crippen LogP contribution is 2.15. The van der Waals surface area contributed by atoms with E-state index in [1.807, 2.05) is 11.3 Å². The SMILES string of the molecule is CCc1c(C)nn(CCNCc2ccc(C)s2)c1C. The first-order chi connectivity index (χ1) is 9.11. The molecule has 0 atom stereocenters. The summed E-state index contributed by atoms with van der Waals surface area (Å²) >= 11 is 1.86. The predicted molar refractivity (Wildman–Crippen MR) is 81.8 cm³/mol. The molecule has 4 heteroatoms. The zero-order valence-corrected chi connectivity index (χ0v) is 13.1. The van der Waals surface area contributed by atoms with E-state index in [4.69, 9.17) is 0 Å². The number of thiophene rings is 1. The van der Waals surface area contributed by atoms with Crippen molar-refractivity contribution < 1.29 is 0 Å². The average molecular weight is 277 g/mol. The Kier molecular flexibility index (Phi) is 4.77. The Labute approximate surface area is 119 Å². The Morgan fingerprint density at radius 1 is 1.26 bits per heavy atom. The van der Waals surface area contributed by atoms with Crippen LogP contribution in [0.3, 0.4) is 0 Å². The van der Waals surface area contributed by atoms with E-state index < -0.39 is 0 Å².